The van der Waals surface area contributed by atoms with E-state index in [1.165, 1.54) is 0 Å². The average molecular weight is 351 g/mol. The topological polar surface area (TPSA) is 72.1 Å². The van der Waals surface area contributed by atoms with E-state index in [0.29, 0.717) is 12.3 Å². The molecule has 25 heavy (non-hydrogen) atoms. The van der Waals surface area contributed by atoms with Gasteiger partial charge >= 0.3 is 6.03 Å². The molecule has 1 atom stereocenters. The monoisotopic (exact) mass is 351 g/mol. The maximum absolute atomic E-state index is 12.1. The van der Waals surface area contributed by atoms with Crippen LogP contribution in [0.4, 0.5) is 4.79 Å². The third-order valence-electron chi connectivity index (χ3n) is 4.30. The number of methoxy groups -OCH3 is 2. The highest BCUT2D eigenvalue weighted by Crippen LogP contribution is 2.29. The van der Waals surface area contributed by atoms with Crippen molar-refractivity contribution in [2.45, 2.75) is 19.4 Å². The molecular formula is C18H29N3O4. The second-order valence-corrected chi connectivity index (χ2v) is 6.04. The molecule has 0 bridgehead atoms. The summed E-state index contributed by atoms with van der Waals surface area (Å²) in [6, 6.07) is 5.23. The number of nitrogens with zero attached hydrogens (tertiary/aromatic N) is 1. The summed E-state index contributed by atoms with van der Waals surface area (Å²) in [5.41, 5.74) is 0.909. The van der Waals surface area contributed by atoms with Gasteiger partial charge in [-0.2, -0.15) is 0 Å². The van der Waals surface area contributed by atoms with Crippen LogP contribution in [0.25, 0.3) is 0 Å². The fourth-order valence-corrected chi connectivity index (χ4v) is 2.83. The average Bonchev–Trinajstić information content (AvgIpc) is 2.65. The first-order valence-corrected chi connectivity index (χ1v) is 8.70. The largest absolute Gasteiger partial charge is 0.497 e. The minimum atomic E-state index is -0.174. The molecular weight excluding hydrogens is 322 g/mol. The minimum absolute atomic E-state index is 0.167. The summed E-state index contributed by atoms with van der Waals surface area (Å²) in [4.78, 5) is 14.4. The Morgan fingerprint density at radius 2 is 2.04 bits per heavy atom. The molecule has 2 amide bonds. The van der Waals surface area contributed by atoms with E-state index in [9.17, 15) is 4.79 Å². The zero-order chi connectivity index (χ0) is 18.1. The van der Waals surface area contributed by atoms with Crippen molar-refractivity contribution in [3.63, 3.8) is 0 Å². The lowest BCUT2D eigenvalue weighted by atomic mass is 10.1. The van der Waals surface area contributed by atoms with E-state index >= 15 is 0 Å². The number of ether oxygens (including phenoxy) is 3. The maximum atomic E-state index is 12.1. The lowest BCUT2D eigenvalue weighted by Crippen LogP contribution is -2.40. The molecule has 0 aromatic heterocycles. The molecule has 7 heteroatoms. The first-order valence-electron chi connectivity index (χ1n) is 8.70. The van der Waals surface area contributed by atoms with Crippen LogP contribution in [0.5, 0.6) is 11.5 Å². The van der Waals surface area contributed by atoms with Crippen LogP contribution in [0.2, 0.25) is 0 Å². The highest BCUT2D eigenvalue weighted by molar-refractivity contribution is 5.74. The van der Waals surface area contributed by atoms with Crippen molar-refractivity contribution < 1.29 is 19.0 Å². The number of hydrogen-bond donors (Lipinski definition) is 2. The molecule has 1 aromatic rings. The van der Waals surface area contributed by atoms with E-state index in [0.717, 1.165) is 50.6 Å². The van der Waals surface area contributed by atoms with Crippen LogP contribution < -0.4 is 20.1 Å². The second-order valence-electron chi connectivity index (χ2n) is 6.04. The third-order valence-corrected chi connectivity index (χ3v) is 4.30. The number of carbonyl (C=O) groups excluding carboxylic acids is 1. The molecule has 2 rings (SSSR count). The Bertz CT molecular complexity index is 547. The molecule has 1 heterocycles. The number of carbonyl (C=O) groups is 1. The van der Waals surface area contributed by atoms with Crippen molar-refractivity contribution in [2.75, 3.05) is 53.6 Å². The van der Waals surface area contributed by atoms with E-state index in [2.05, 4.69) is 15.5 Å². The lowest BCUT2D eigenvalue weighted by molar-refractivity contribution is 0.0375. The molecule has 2 N–H and O–H groups in total. The number of rotatable bonds is 8. The molecule has 140 valence electrons. The standard InChI is InChI=1S/C18H29N3O4/c1-14(16-6-5-15(23-2)13-17(16)24-3)20-18(22)19-7-4-8-21-9-11-25-12-10-21/h5-6,13-14H,4,7-12H2,1-3H3,(H2,19,20,22). The predicted molar refractivity (Wildman–Crippen MR) is 96.4 cm³/mol. The van der Waals surface area contributed by atoms with Crippen LogP contribution in [0.1, 0.15) is 24.9 Å². The van der Waals surface area contributed by atoms with Gasteiger partial charge in [0, 0.05) is 31.3 Å². The van der Waals surface area contributed by atoms with Crippen molar-refractivity contribution in [3.05, 3.63) is 23.8 Å². The summed E-state index contributed by atoms with van der Waals surface area (Å²) < 4.78 is 15.9. The molecule has 1 saturated heterocycles. The van der Waals surface area contributed by atoms with Gasteiger partial charge in [0.15, 0.2) is 0 Å². The van der Waals surface area contributed by atoms with Crippen LogP contribution >= 0.6 is 0 Å². The first-order chi connectivity index (χ1) is 12.1. The summed E-state index contributed by atoms with van der Waals surface area (Å²) in [6.45, 7) is 7.10. The summed E-state index contributed by atoms with van der Waals surface area (Å²) in [7, 11) is 3.22. The first kappa shape index (κ1) is 19.3. The van der Waals surface area contributed by atoms with Crippen molar-refractivity contribution in [3.8, 4) is 11.5 Å². The van der Waals surface area contributed by atoms with Gasteiger partial charge in [0.1, 0.15) is 11.5 Å². The Balaban J connectivity index is 1.74. The van der Waals surface area contributed by atoms with Gasteiger partial charge in [0.2, 0.25) is 0 Å². The van der Waals surface area contributed by atoms with Crippen molar-refractivity contribution in [1.29, 1.82) is 0 Å². The number of morpholine rings is 1. The lowest BCUT2D eigenvalue weighted by Gasteiger charge is -2.26. The Kier molecular flexibility index (Phi) is 7.81. The quantitative estimate of drug-likeness (QED) is 0.699. The van der Waals surface area contributed by atoms with Gasteiger partial charge in [0.25, 0.3) is 0 Å². The smallest absolute Gasteiger partial charge is 0.315 e. The van der Waals surface area contributed by atoms with E-state index in [4.69, 9.17) is 14.2 Å². The number of urea groups is 1. The summed E-state index contributed by atoms with van der Waals surface area (Å²) in [6.07, 6.45) is 0.924. The summed E-state index contributed by atoms with van der Waals surface area (Å²) >= 11 is 0. The summed E-state index contributed by atoms with van der Waals surface area (Å²) in [5.74, 6) is 1.42. The third kappa shape index (κ3) is 6.10. The van der Waals surface area contributed by atoms with Crippen LogP contribution in [0, 0.1) is 0 Å². The van der Waals surface area contributed by atoms with Gasteiger partial charge in [-0.1, -0.05) is 0 Å². The van der Waals surface area contributed by atoms with Crippen LogP contribution in [0.15, 0.2) is 18.2 Å². The van der Waals surface area contributed by atoms with Gasteiger partial charge < -0.3 is 24.8 Å². The highest BCUT2D eigenvalue weighted by atomic mass is 16.5. The minimum Gasteiger partial charge on any atom is -0.497 e. The molecule has 7 nitrogen and oxygen atoms in total. The molecule has 1 aliphatic rings. The van der Waals surface area contributed by atoms with Crippen molar-refractivity contribution in [1.82, 2.24) is 15.5 Å². The van der Waals surface area contributed by atoms with Crippen LogP contribution in [-0.4, -0.2) is 64.5 Å². The Hall–Kier alpha value is -1.99. The summed E-state index contributed by atoms with van der Waals surface area (Å²) in [5, 5.41) is 5.85. The zero-order valence-corrected chi connectivity index (χ0v) is 15.3. The number of nitrogens with one attached hydrogen (secondary N) is 2. The maximum Gasteiger partial charge on any atom is 0.315 e. The van der Waals surface area contributed by atoms with Gasteiger partial charge in [0.05, 0.1) is 33.5 Å². The SMILES string of the molecule is COc1ccc(C(C)NC(=O)NCCCN2CCOCC2)c(OC)c1. The predicted octanol–water partition coefficient (Wildman–Crippen LogP) is 1.79. The molecule has 0 saturated carbocycles. The molecule has 0 radical (unpaired) electrons. The van der Waals surface area contributed by atoms with Gasteiger partial charge in [-0.15, -0.1) is 0 Å². The number of hydrogen-bond acceptors (Lipinski definition) is 5. The number of benzene rings is 1. The molecule has 1 unspecified atom stereocenters. The van der Waals surface area contributed by atoms with Gasteiger partial charge in [-0.25, -0.2) is 4.79 Å². The van der Waals surface area contributed by atoms with Crippen molar-refractivity contribution in [2.24, 2.45) is 0 Å². The van der Waals surface area contributed by atoms with E-state index in [1.807, 2.05) is 25.1 Å². The van der Waals surface area contributed by atoms with Gasteiger partial charge in [-0.05, 0) is 32.0 Å². The van der Waals surface area contributed by atoms with Crippen LogP contribution in [0.3, 0.4) is 0 Å². The zero-order valence-electron chi connectivity index (χ0n) is 15.3. The highest BCUT2D eigenvalue weighted by Gasteiger charge is 2.15. The Morgan fingerprint density at radius 1 is 1.28 bits per heavy atom. The molecule has 1 aliphatic heterocycles. The van der Waals surface area contributed by atoms with E-state index in [1.54, 1.807) is 14.2 Å². The second kappa shape index (κ2) is 10.1. The molecule has 0 aliphatic carbocycles. The van der Waals surface area contributed by atoms with Gasteiger partial charge in [-0.3, -0.25) is 4.90 Å². The molecule has 1 aromatic carbocycles. The normalized spacial score (nSPS) is 16.1. The fourth-order valence-electron chi connectivity index (χ4n) is 2.83. The molecule has 0 spiro atoms. The Morgan fingerprint density at radius 3 is 2.72 bits per heavy atom. The number of amides is 2. The van der Waals surface area contributed by atoms with E-state index in [-0.39, 0.29) is 12.1 Å². The van der Waals surface area contributed by atoms with Crippen molar-refractivity contribution >= 4 is 6.03 Å². The Labute approximate surface area is 149 Å². The fraction of sp³-hybridized carbons (Fsp3) is 0.611. The van der Waals surface area contributed by atoms with E-state index < -0.39 is 0 Å². The molecule has 1 fully saturated rings. The van der Waals surface area contributed by atoms with Crippen LogP contribution in [-0.2, 0) is 4.74 Å².